The van der Waals surface area contributed by atoms with Gasteiger partial charge in [0.2, 0.25) is 5.91 Å². The molecular formula is C27H35FN6O. The van der Waals surface area contributed by atoms with Crippen LogP contribution in [0.2, 0.25) is 0 Å². The molecule has 2 aromatic heterocycles. The molecule has 2 aliphatic rings. The van der Waals surface area contributed by atoms with Crippen molar-refractivity contribution in [3.63, 3.8) is 0 Å². The summed E-state index contributed by atoms with van der Waals surface area (Å²) in [6, 6.07) is 6.36. The van der Waals surface area contributed by atoms with E-state index in [0.717, 1.165) is 85.8 Å². The first-order chi connectivity index (χ1) is 17.0. The summed E-state index contributed by atoms with van der Waals surface area (Å²) in [6.45, 7) is 9.41. The Labute approximate surface area is 206 Å². The van der Waals surface area contributed by atoms with Gasteiger partial charge in [0.25, 0.3) is 0 Å². The molecule has 1 aliphatic carbocycles. The van der Waals surface area contributed by atoms with Crippen LogP contribution in [0.5, 0.6) is 0 Å². The van der Waals surface area contributed by atoms with E-state index in [0.29, 0.717) is 12.5 Å². The van der Waals surface area contributed by atoms with Crippen LogP contribution < -0.4 is 4.90 Å². The zero-order chi connectivity index (χ0) is 24.5. The highest BCUT2D eigenvalue weighted by atomic mass is 19.1. The number of halogens is 1. The zero-order valence-electron chi connectivity index (χ0n) is 21.0. The summed E-state index contributed by atoms with van der Waals surface area (Å²) >= 11 is 0. The van der Waals surface area contributed by atoms with Gasteiger partial charge in [0, 0.05) is 38.0 Å². The molecule has 8 heteroatoms. The summed E-state index contributed by atoms with van der Waals surface area (Å²) in [5, 5.41) is 5.73. The second kappa shape index (κ2) is 9.91. The van der Waals surface area contributed by atoms with Crippen molar-refractivity contribution in [3.8, 4) is 5.69 Å². The number of carbonyl (C=O) groups is 1. The van der Waals surface area contributed by atoms with Crippen LogP contribution in [-0.4, -0.2) is 56.7 Å². The number of nitrogens with zero attached hydrogens (tertiary/aromatic N) is 6. The lowest BCUT2D eigenvalue weighted by Crippen LogP contribution is -2.41. The first kappa shape index (κ1) is 23.7. The van der Waals surface area contributed by atoms with Gasteiger partial charge < -0.3 is 9.80 Å². The Morgan fingerprint density at radius 3 is 2.54 bits per heavy atom. The zero-order valence-corrected chi connectivity index (χ0v) is 21.0. The molecule has 0 bridgehead atoms. The molecule has 1 unspecified atom stereocenters. The highest BCUT2D eigenvalue weighted by molar-refractivity contribution is 5.91. The average molecular weight is 479 g/mol. The monoisotopic (exact) mass is 478 g/mol. The first-order valence-electron chi connectivity index (χ1n) is 13.0. The first-order valence-corrected chi connectivity index (χ1v) is 13.0. The van der Waals surface area contributed by atoms with Crippen LogP contribution in [0.3, 0.4) is 0 Å². The van der Waals surface area contributed by atoms with E-state index in [-0.39, 0.29) is 17.7 Å². The number of amides is 1. The summed E-state index contributed by atoms with van der Waals surface area (Å²) in [5.74, 6) is 2.19. The quantitative estimate of drug-likeness (QED) is 0.499. The Kier molecular flexibility index (Phi) is 6.71. The molecule has 1 saturated carbocycles. The minimum atomic E-state index is -0.278. The lowest BCUT2D eigenvalue weighted by Gasteiger charge is -2.31. The van der Waals surface area contributed by atoms with Crippen LogP contribution in [0.25, 0.3) is 16.7 Å². The second-order valence-electron chi connectivity index (χ2n) is 10.1. The molecule has 3 heterocycles. The van der Waals surface area contributed by atoms with Gasteiger partial charge in [-0.15, -0.1) is 0 Å². The lowest BCUT2D eigenvalue weighted by atomic mass is 9.84. The van der Waals surface area contributed by atoms with Crippen molar-refractivity contribution in [2.75, 3.05) is 31.1 Å². The normalized spacial score (nSPS) is 17.9. The van der Waals surface area contributed by atoms with Crippen LogP contribution in [0.1, 0.15) is 69.8 Å². The standard InChI is InChI=1S/C27H35FN6O/c1-4-7-18(2)24-29-25(32-14-6-15-33(17-16-32)27(35)20-8-5-9-20)23-19(3)31-34(26(23)30-24)22-12-10-21(28)11-13-22/h10-13,18,20H,4-9,14-17H2,1-3H3. The predicted octanol–water partition coefficient (Wildman–Crippen LogP) is 5.01. The highest BCUT2D eigenvalue weighted by Gasteiger charge is 2.31. The summed E-state index contributed by atoms with van der Waals surface area (Å²) in [5.41, 5.74) is 2.38. The van der Waals surface area contributed by atoms with E-state index in [1.165, 1.54) is 18.6 Å². The fourth-order valence-corrected chi connectivity index (χ4v) is 5.21. The third-order valence-corrected chi connectivity index (χ3v) is 7.50. The molecule has 35 heavy (non-hydrogen) atoms. The summed E-state index contributed by atoms with van der Waals surface area (Å²) in [4.78, 5) is 27.3. The predicted molar refractivity (Wildman–Crippen MR) is 135 cm³/mol. The summed E-state index contributed by atoms with van der Waals surface area (Å²) in [7, 11) is 0. The van der Waals surface area contributed by atoms with Gasteiger partial charge in [0.15, 0.2) is 5.65 Å². The van der Waals surface area contributed by atoms with E-state index in [4.69, 9.17) is 15.1 Å². The molecule has 7 nitrogen and oxygen atoms in total. The smallest absolute Gasteiger partial charge is 0.225 e. The Morgan fingerprint density at radius 1 is 1.09 bits per heavy atom. The molecule has 186 valence electrons. The summed E-state index contributed by atoms with van der Waals surface area (Å²) < 4.78 is 15.4. The number of aromatic nitrogens is 4. The van der Waals surface area contributed by atoms with E-state index in [9.17, 15) is 9.18 Å². The topological polar surface area (TPSA) is 67.2 Å². The molecule has 2 fully saturated rings. The maximum Gasteiger partial charge on any atom is 0.225 e. The Morgan fingerprint density at radius 2 is 1.86 bits per heavy atom. The van der Waals surface area contributed by atoms with Crippen LogP contribution in [0.4, 0.5) is 10.2 Å². The van der Waals surface area contributed by atoms with Crippen molar-refractivity contribution in [1.82, 2.24) is 24.6 Å². The minimum absolute atomic E-state index is 0.212. The maximum absolute atomic E-state index is 13.6. The largest absolute Gasteiger partial charge is 0.354 e. The van der Waals surface area contributed by atoms with E-state index in [1.54, 1.807) is 12.1 Å². The molecule has 1 amide bonds. The molecule has 1 saturated heterocycles. The molecule has 0 spiro atoms. The van der Waals surface area contributed by atoms with Gasteiger partial charge in [-0.25, -0.2) is 19.0 Å². The van der Waals surface area contributed by atoms with Crippen LogP contribution in [-0.2, 0) is 4.79 Å². The Bertz CT molecular complexity index is 1200. The van der Waals surface area contributed by atoms with E-state index < -0.39 is 0 Å². The van der Waals surface area contributed by atoms with E-state index in [1.807, 2.05) is 11.6 Å². The molecule has 5 rings (SSSR count). The van der Waals surface area contributed by atoms with Gasteiger partial charge >= 0.3 is 0 Å². The van der Waals surface area contributed by atoms with Gasteiger partial charge in [-0.05, 0) is 56.9 Å². The number of aryl methyl sites for hydroxylation is 1. The molecule has 1 aliphatic heterocycles. The van der Waals surface area contributed by atoms with Crippen molar-refractivity contribution in [2.45, 2.75) is 65.2 Å². The number of hydrogen-bond acceptors (Lipinski definition) is 5. The van der Waals surface area contributed by atoms with E-state index >= 15 is 0 Å². The van der Waals surface area contributed by atoms with Crippen molar-refractivity contribution in [3.05, 3.63) is 41.6 Å². The van der Waals surface area contributed by atoms with Crippen LogP contribution in [0, 0.1) is 18.7 Å². The number of anilines is 1. The SMILES string of the molecule is CCCC(C)c1nc(N2CCCN(C(=O)C3CCC3)CC2)c2c(C)nn(-c3ccc(F)cc3)c2n1. The molecular weight excluding hydrogens is 443 g/mol. The number of hydrogen-bond donors (Lipinski definition) is 0. The Balaban J connectivity index is 1.54. The third kappa shape index (κ3) is 4.62. The fourth-order valence-electron chi connectivity index (χ4n) is 5.21. The molecule has 1 aromatic carbocycles. The van der Waals surface area contributed by atoms with Crippen LogP contribution >= 0.6 is 0 Å². The molecule has 0 radical (unpaired) electrons. The second-order valence-corrected chi connectivity index (χ2v) is 10.1. The van der Waals surface area contributed by atoms with Crippen molar-refractivity contribution in [2.24, 2.45) is 5.92 Å². The number of carbonyl (C=O) groups excluding carboxylic acids is 1. The van der Waals surface area contributed by atoms with Gasteiger partial charge in [0.1, 0.15) is 17.5 Å². The summed E-state index contributed by atoms with van der Waals surface area (Å²) in [6.07, 6.45) is 6.20. The molecule has 1 atom stereocenters. The number of benzene rings is 1. The number of fused-ring (bicyclic) bond motifs is 1. The molecule has 0 N–H and O–H groups in total. The highest BCUT2D eigenvalue weighted by Crippen LogP contribution is 2.33. The minimum Gasteiger partial charge on any atom is -0.354 e. The lowest BCUT2D eigenvalue weighted by molar-refractivity contribution is -0.137. The van der Waals surface area contributed by atoms with Crippen LogP contribution in [0.15, 0.2) is 24.3 Å². The van der Waals surface area contributed by atoms with Gasteiger partial charge in [0.05, 0.1) is 16.8 Å². The number of rotatable bonds is 6. The van der Waals surface area contributed by atoms with Gasteiger partial charge in [-0.3, -0.25) is 4.79 Å². The van der Waals surface area contributed by atoms with E-state index in [2.05, 4.69) is 23.6 Å². The maximum atomic E-state index is 13.6. The Hall–Kier alpha value is -3.03. The average Bonchev–Trinajstić information content (AvgIpc) is 2.98. The van der Waals surface area contributed by atoms with Crippen molar-refractivity contribution < 1.29 is 9.18 Å². The van der Waals surface area contributed by atoms with Gasteiger partial charge in [-0.2, -0.15) is 5.10 Å². The van der Waals surface area contributed by atoms with Crippen molar-refractivity contribution >= 4 is 22.8 Å². The van der Waals surface area contributed by atoms with Gasteiger partial charge in [-0.1, -0.05) is 26.7 Å². The molecule has 3 aromatic rings. The third-order valence-electron chi connectivity index (χ3n) is 7.50. The van der Waals surface area contributed by atoms with Crippen molar-refractivity contribution in [1.29, 1.82) is 0 Å². The fraction of sp³-hybridized carbons (Fsp3) is 0.556.